The van der Waals surface area contributed by atoms with Gasteiger partial charge in [-0.1, -0.05) is 60.7 Å². The van der Waals surface area contributed by atoms with E-state index in [9.17, 15) is 9.59 Å². The Morgan fingerprint density at radius 3 is 2.28 bits per heavy atom. The van der Waals surface area contributed by atoms with Crippen LogP contribution in [0.25, 0.3) is 0 Å². The molecule has 1 saturated heterocycles. The summed E-state index contributed by atoms with van der Waals surface area (Å²) in [5.74, 6) is 0.875. The fraction of sp³-hybridized carbons (Fsp3) is 0.231. The Morgan fingerprint density at radius 1 is 0.938 bits per heavy atom. The lowest BCUT2D eigenvalue weighted by Crippen LogP contribution is -2.41. The summed E-state index contributed by atoms with van der Waals surface area (Å²) in [6, 6.07) is 24.6. The maximum absolute atomic E-state index is 13.1. The highest BCUT2D eigenvalue weighted by Gasteiger charge is 2.37. The van der Waals surface area contributed by atoms with E-state index >= 15 is 0 Å². The molecule has 0 saturated carbocycles. The van der Waals surface area contributed by atoms with Crippen molar-refractivity contribution in [2.24, 2.45) is 0 Å². The first-order chi connectivity index (χ1) is 15.6. The number of carbonyl (C=O) groups is 2. The minimum Gasteiger partial charge on any atom is -0.497 e. The van der Waals surface area contributed by atoms with Crippen LogP contribution in [0.1, 0.15) is 16.7 Å². The minimum absolute atomic E-state index is 0.0410. The number of hydrogen-bond acceptors (Lipinski definition) is 5. The second-order valence-corrected chi connectivity index (χ2v) is 7.65. The van der Waals surface area contributed by atoms with Crippen LogP contribution in [-0.2, 0) is 29.0 Å². The van der Waals surface area contributed by atoms with Gasteiger partial charge in [0.15, 0.2) is 0 Å². The van der Waals surface area contributed by atoms with Crippen molar-refractivity contribution in [2.75, 3.05) is 13.7 Å². The highest BCUT2D eigenvalue weighted by atomic mass is 16.6. The summed E-state index contributed by atoms with van der Waals surface area (Å²) in [5, 5.41) is 0. The average molecular weight is 431 g/mol. The van der Waals surface area contributed by atoms with Crippen molar-refractivity contribution in [1.82, 2.24) is 4.90 Å². The van der Waals surface area contributed by atoms with Gasteiger partial charge in [0.25, 0.3) is 0 Å². The molecule has 1 aliphatic heterocycles. The molecule has 0 aromatic heterocycles. The lowest BCUT2D eigenvalue weighted by atomic mass is 10.0. The maximum Gasteiger partial charge on any atom is 0.416 e. The number of benzene rings is 3. The number of rotatable bonds is 8. The molecule has 1 fully saturated rings. The number of methoxy groups -OCH3 is 1. The van der Waals surface area contributed by atoms with Crippen LogP contribution in [-0.4, -0.2) is 36.7 Å². The molecule has 4 rings (SSSR count). The molecule has 0 aliphatic carbocycles. The van der Waals surface area contributed by atoms with E-state index in [1.807, 2.05) is 60.7 Å². The molecule has 32 heavy (non-hydrogen) atoms. The number of carbonyl (C=O) groups excluding carboxylic acids is 2. The molecule has 1 atom stereocenters. The summed E-state index contributed by atoms with van der Waals surface area (Å²) in [6.45, 7) is 0.599. The van der Waals surface area contributed by atoms with Crippen molar-refractivity contribution in [3.63, 3.8) is 0 Å². The molecule has 164 valence electrons. The first-order valence-corrected chi connectivity index (χ1v) is 10.5. The first-order valence-electron chi connectivity index (χ1n) is 10.5. The van der Waals surface area contributed by atoms with E-state index in [2.05, 4.69) is 0 Å². The second kappa shape index (κ2) is 10.0. The van der Waals surface area contributed by atoms with E-state index in [4.69, 9.17) is 14.2 Å². The van der Waals surface area contributed by atoms with Crippen LogP contribution in [0.3, 0.4) is 0 Å². The van der Waals surface area contributed by atoms with Crippen molar-refractivity contribution in [2.45, 2.75) is 25.5 Å². The molecule has 0 spiro atoms. The zero-order chi connectivity index (χ0) is 22.3. The van der Waals surface area contributed by atoms with E-state index in [0.717, 1.165) is 11.1 Å². The van der Waals surface area contributed by atoms with E-state index < -0.39 is 6.09 Å². The third-order valence-electron chi connectivity index (χ3n) is 5.32. The molecule has 6 nitrogen and oxygen atoms in total. The standard InChI is InChI=1S/C26H25NO5/c1-30-23-13-21(14-24(16-23)31-17-20-10-6-3-7-11-20)15-25(28)27-22(18-32-26(27)29)12-19-8-4-2-5-9-19/h2-11,13-14,16,22H,12,15,17-18H2,1H3/t22-/m0/s1. The van der Waals surface area contributed by atoms with E-state index in [0.29, 0.717) is 30.1 Å². The molecule has 0 N–H and O–H groups in total. The van der Waals surface area contributed by atoms with Crippen molar-refractivity contribution >= 4 is 12.0 Å². The zero-order valence-corrected chi connectivity index (χ0v) is 17.9. The van der Waals surface area contributed by atoms with Gasteiger partial charge in [-0.15, -0.1) is 0 Å². The molecule has 6 heteroatoms. The Morgan fingerprint density at radius 2 is 1.59 bits per heavy atom. The van der Waals surface area contributed by atoms with Gasteiger partial charge in [-0.3, -0.25) is 4.79 Å². The van der Waals surface area contributed by atoms with E-state index in [1.54, 1.807) is 25.3 Å². The average Bonchev–Trinajstić information content (AvgIpc) is 3.18. The lowest BCUT2D eigenvalue weighted by Gasteiger charge is -2.20. The minimum atomic E-state index is -0.598. The molecule has 3 aromatic rings. The largest absolute Gasteiger partial charge is 0.497 e. The SMILES string of the molecule is COc1cc(CC(=O)N2C(=O)OC[C@@H]2Cc2ccccc2)cc(OCc2ccccc2)c1. The summed E-state index contributed by atoms with van der Waals surface area (Å²) in [4.78, 5) is 26.6. The fourth-order valence-corrected chi connectivity index (χ4v) is 3.74. The highest BCUT2D eigenvalue weighted by molar-refractivity contribution is 5.94. The summed E-state index contributed by atoms with van der Waals surface area (Å²) in [6.07, 6.45) is 0.000569. The first kappa shape index (κ1) is 21.4. The number of hydrogen-bond donors (Lipinski definition) is 0. The van der Waals surface area contributed by atoms with Crippen molar-refractivity contribution in [3.8, 4) is 11.5 Å². The van der Waals surface area contributed by atoms with Crippen LogP contribution in [0.15, 0.2) is 78.9 Å². The van der Waals surface area contributed by atoms with Gasteiger partial charge in [-0.25, -0.2) is 9.69 Å². The van der Waals surface area contributed by atoms with Crippen LogP contribution in [0, 0.1) is 0 Å². The monoisotopic (exact) mass is 431 g/mol. The molecular formula is C26H25NO5. The van der Waals surface area contributed by atoms with Crippen LogP contribution in [0.4, 0.5) is 4.79 Å². The molecule has 0 unspecified atom stereocenters. The van der Waals surface area contributed by atoms with Gasteiger partial charge in [0.2, 0.25) is 5.91 Å². The third kappa shape index (κ3) is 5.27. The quantitative estimate of drug-likeness (QED) is 0.529. The Hall–Kier alpha value is -3.80. The molecule has 3 aromatic carbocycles. The van der Waals surface area contributed by atoms with Crippen LogP contribution in [0.5, 0.6) is 11.5 Å². The van der Waals surface area contributed by atoms with Crippen molar-refractivity contribution < 1.29 is 23.8 Å². The lowest BCUT2D eigenvalue weighted by molar-refractivity contribution is -0.128. The van der Waals surface area contributed by atoms with Gasteiger partial charge in [-0.2, -0.15) is 0 Å². The van der Waals surface area contributed by atoms with Gasteiger partial charge >= 0.3 is 6.09 Å². The third-order valence-corrected chi connectivity index (χ3v) is 5.32. The van der Waals surface area contributed by atoms with Crippen LogP contribution in [0.2, 0.25) is 0 Å². The molecule has 1 heterocycles. The van der Waals surface area contributed by atoms with Gasteiger partial charge in [0, 0.05) is 6.07 Å². The Labute approximate surface area is 187 Å². The van der Waals surface area contributed by atoms with E-state index in [1.165, 1.54) is 4.90 Å². The van der Waals surface area contributed by atoms with Crippen molar-refractivity contribution in [3.05, 3.63) is 95.6 Å². The smallest absolute Gasteiger partial charge is 0.416 e. The second-order valence-electron chi connectivity index (χ2n) is 7.65. The van der Waals surface area contributed by atoms with Crippen LogP contribution < -0.4 is 9.47 Å². The van der Waals surface area contributed by atoms with Gasteiger partial charge < -0.3 is 14.2 Å². The molecular weight excluding hydrogens is 406 g/mol. The van der Waals surface area contributed by atoms with Gasteiger partial charge in [0.1, 0.15) is 24.7 Å². The summed E-state index contributed by atoms with van der Waals surface area (Å²) < 4.78 is 16.5. The number of ether oxygens (including phenoxy) is 3. The highest BCUT2D eigenvalue weighted by Crippen LogP contribution is 2.26. The normalized spacial score (nSPS) is 15.3. The maximum atomic E-state index is 13.1. The Kier molecular flexibility index (Phi) is 6.70. The number of cyclic esters (lactones) is 1. The summed E-state index contributed by atoms with van der Waals surface area (Å²) >= 11 is 0. The topological polar surface area (TPSA) is 65.1 Å². The number of imide groups is 1. The molecule has 0 bridgehead atoms. The Balaban J connectivity index is 1.46. The zero-order valence-electron chi connectivity index (χ0n) is 17.9. The molecule has 2 amide bonds. The molecule has 1 aliphatic rings. The predicted octanol–water partition coefficient (Wildman–Crippen LogP) is 4.41. The molecule has 0 radical (unpaired) electrons. The number of amides is 2. The Bertz CT molecular complexity index is 1070. The number of nitrogens with zero attached hydrogens (tertiary/aromatic N) is 1. The van der Waals surface area contributed by atoms with Crippen LogP contribution >= 0.6 is 0 Å². The fourth-order valence-electron chi connectivity index (χ4n) is 3.74. The van der Waals surface area contributed by atoms with Crippen molar-refractivity contribution in [1.29, 1.82) is 0 Å². The predicted molar refractivity (Wildman–Crippen MR) is 120 cm³/mol. The summed E-state index contributed by atoms with van der Waals surface area (Å²) in [7, 11) is 1.57. The summed E-state index contributed by atoms with van der Waals surface area (Å²) in [5.41, 5.74) is 2.79. The van der Waals surface area contributed by atoms with Gasteiger partial charge in [0.05, 0.1) is 19.6 Å². The van der Waals surface area contributed by atoms with E-state index in [-0.39, 0.29) is 25.0 Å². The van der Waals surface area contributed by atoms with Gasteiger partial charge in [-0.05, 0) is 35.2 Å².